The minimum Gasteiger partial charge on any atom is -0.469 e. The second-order valence-electron chi connectivity index (χ2n) is 3.85. The standard InChI is InChI=1S/C9H14O4/c1-5(10)13-7-6(8(11)12-4)9(7,2)3/h6-7H,1-4H3. The van der Waals surface area contributed by atoms with Crippen LogP contribution in [0.1, 0.15) is 20.8 Å². The van der Waals surface area contributed by atoms with Crippen molar-refractivity contribution in [2.75, 3.05) is 7.11 Å². The Morgan fingerprint density at radius 3 is 2.23 bits per heavy atom. The van der Waals surface area contributed by atoms with Crippen LogP contribution in [-0.4, -0.2) is 25.2 Å². The molecular formula is C9H14O4. The summed E-state index contributed by atoms with van der Waals surface area (Å²) in [6.45, 7) is 5.09. The number of esters is 2. The van der Waals surface area contributed by atoms with Crippen molar-refractivity contribution < 1.29 is 19.1 Å². The van der Waals surface area contributed by atoms with Gasteiger partial charge in [0.1, 0.15) is 12.0 Å². The molecule has 0 spiro atoms. The van der Waals surface area contributed by atoms with Crippen LogP contribution in [0, 0.1) is 11.3 Å². The first-order valence-corrected chi connectivity index (χ1v) is 4.16. The quantitative estimate of drug-likeness (QED) is 0.597. The summed E-state index contributed by atoms with van der Waals surface area (Å²) in [5, 5.41) is 0. The normalized spacial score (nSPS) is 29.2. The number of ether oxygens (including phenoxy) is 2. The molecule has 0 saturated heterocycles. The molecule has 13 heavy (non-hydrogen) atoms. The lowest BCUT2D eigenvalue weighted by Gasteiger charge is -2.00. The molecule has 0 radical (unpaired) electrons. The topological polar surface area (TPSA) is 52.6 Å². The van der Waals surface area contributed by atoms with Crippen LogP contribution in [0.4, 0.5) is 0 Å². The molecule has 1 fully saturated rings. The Morgan fingerprint density at radius 2 is 1.85 bits per heavy atom. The highest BCUT2D eigenvalue weighted by atomic mass is 16.6. The smallest absolute Gasteiger partial charge is 0.313 e. The predicted octanol–water partition coefficient (Wildman–Crippen LogP) is 0.747. The molecule has 4 heteroatoms. The van der Waals surface area contributed by atoms with Gasteiger partial charge in [0.25, 0.3) is 0 Å². The highest BCUT2D eigenvalue weighted by Gasteiger charge is 2.65. The highest BCUT2D eigenvalue weighted by Crippen LogP contribution is 2.54. The Bertz CT molecular complexity index is 244. The summed E-state index contributed by atoms with van der Waals surface area (Å²) in [5.41, 5.74) is -0.279. The number of hydrogen-bond acceptors (Lipinski definition) is 4. The Hall–Kier alpha value is -1.06. The summed E-state index contributed by atoms with van der Waals surface area (Å²) >= 11 is 0. The largest absolute Gasteiger partial charge is 0.469 e. The summed E-state index contributed by atoms with van der Waals surface area (Å²) in [6, 6.07) is 0. The second kappa shape index (κ2) is 3.01. The molecule has 4 nitrogen and oxygen atoms in total. The maximum atomic E-state index is 11.2. The van der Waals surface area contributed by atoms with E-state index in [1.54, 1.807) is 0 Å². The summed E-state index contributed by atoms with van der Waals surface area (Å²) in [7, 11) is 1.33. The summed E-state index contributed by atoms with van der Waals surface area (Å²) in [6.07, 6.45) is -0.322. The van der Waals surface area contributed by atoms with E-state index in [0.717, 1.165) is 0 Å². The van der Waals surface area contributed by atoms with Crippen LogP contribution in [0.15, 0.2) is 0 Å². The molecule has 74 valence electrons. The van der Waals surface area contributed by atoms with Crippen molar-refractivity contribution in [1.82, 2.24) is 0 Å². The number of carbonyl (C=O) groups is 2. The van der Waals surface area contributed by atoms with Crippen molar-refractivity contribution >= 4 is 11.9 Å². The molecule has 2 unspecified atom stereocenters. The first-order chi connectivity index (χ1) is 5.91. The minimum atomic E-state index is -0.357. The monoisotopic (exact) mass is 186 g/mol. The lowest BCUT2D eigenvalue weighted by molar-refractivity contribution is -0.147. The molecule has 0 amide bonds. The Kier molecular flexibility index (Phi) is 2.32. The zero-order chi connectivity index (χ0) is 10.2. The van der Waals surface area contributed by atoms with Crippen LogP contribution >= 0.6 is 0 Å². The van der Waals surface area contributed by atoms with Gasteiger partial charge < -0.3 is 9.47 Å². The molecule has 1 aliphatic carbocycles. The average molecular weight is 186 g/mol. The van der Waals surface area contributed by atoms with Crippen molar-refractivity contribution in [1.29, 1.82) is 0 Å². The Labute approximate surface area is 77.2 Å². The van der Waals surface area contributed by atoms with E-state index in [2.05, 4.69) is 4.74 Å². The van der Waals surface area contributed by atoms with Crippen LogP contribution in [0.3, 0.4) is 0 Å². The number of methoxy groups -OCH3 is 1. The Balaban J connectivity index is 2.60. The molecule has 0 aromatic heterocycles. The molecule has 0 bridgehead atoms. The molecule has 2 atom stereocenters. The molecular weight excluding hydrogens is 172 g/mol. The third kappa shape index (κ3) is 1.66. The molecule has 0 heterocycles. The van der Waals surface area contributed by atoms with Gasteiger partial charge >= 0.3 is 11.9 Å². The fourth-order valence-electron chi connectivity index (χ4n) is 1.54. The first kappa shape index (κ1) is 10.0. The van der Waals surface area contributed by atoms with E-state index in [1.807, 2.05) is 13.8 Å². The summed E-state index contributed by atoms with van der Waals surface area (Å²) in [5.74, 6) is -0.970. The maximum absolute atomic E-state index is 11.2. The van der Waals surface area contributed by atoms with Crippen molar-refractivity contribution in [2.24, 2.45) is 11.3 Å². The number of carbonyl (C=O) groups excluding carboxylic acids is 2. The third-order valence-corrected chi connectivity index (χ3v) is 2.48. The van der Waals surface area contributed by atoms with Gasteiger partial charge in [-0.2, -0.15) is 0 Å². The number of rotatable bonds is 2. The molecule has 1 aliphatic rings. The van der Waals surface area contributed by atoms with Gasteiger partial charge in [-0.1, -0.05) is 13.8 Å². The van der Waals surface area contributed by atoms with E-state index < -0.39 is 0 Å². The average Bonchev–Trinajstić information content (AvgIpc) is 2.51. The number of hydrogen-bond donors (Lipinski definition) is 0. The predicted molar refractivity (Wildman–Crippen MR) is 44.8 cm³/mol. The van der Waals surface area contributed by atoms with Crippen molar-refractivity contribution in [3.63, 3.8) is 0 Å². The zero-order valence-corrected chi connectivity index (χ0v) is 8.29. The van der Waals surface area contributed by atoms with Crippen LogP contribution in [0.5, 0.6) is 0 Å². The minimum absolute atomic E-state index is 0.279. The van der Waals surface area contributed by atoms with Crippen molar-refractivity contribution in [3.05, 3.63) is 0 Å². The second-order valence-corrected chi connectivity index (χ2v) is 3.85. The zero-order valence-electron chi connectivity index (χ0n) is 8.29. The Morgan fingerprint density at radius 1 is 1.31 bits per heavy atom. The molecule has 1 saturated carbocycles. The third-order valence-electron chi connectivity index (χ3n) is 2.48. The SMILES string of the molecule is COC(=O)C1C(OC(C)=O)C1(C)C. The fraction of sp³-hybridized carbons (Fsp3) is 0.778. The van der Waals surface area contributed by atoms with Crippen molar-refractivity contribution in [2.45, 2.75) is 26.9 Å². The van der Waals surface area contributed by atoms with Crippen molar-refractivity contribution in [3.8, 4) is 0 Å². The van der Waals surface area contributed by atoms with Crippen LogP contribution in [0.2, 0.25) is 0 Å². The van der Waals surface area contributed by atoms with Gasteiger partial charge in [-0.25, -0.2) is 0 Å². The lowest BCUT2D eigenvalue weighted by Crippen LogP contribution is -2.10. The van der Waals surface area contributed by atoms with Gasteiger partial charge in [0.15, 0.2) is 0 Å². The fourth-order valence-corrected chi connectivity index (χ4v) is 1.54. The van der Waals surface area contributed by atoms with E-state index in [1.165, 1.54) is 14.0 Å². The van der Waals surface area contributed by atoms with E-state index >= 15 is 0 Å². The van der Waals surface area contributed by atoms with Crippen LogP contribution < -0.4 is 0 Å². The highest BCUT2D eigenvalue weighted by molar-refractivity contribution is 5.79. The van der Waals surface area contributed by atoms with Crippen LogP contribution in [-0.2, 0) is 19.1 Å². The first-order valence-electron chi connectivity index (χ1n) is 4.16. The molecule has 0 aromatic rings. The van der Waals surface area contributed by atoms with Gasteiger partial charge in [0, 0.05) is 12.3 Å². The molecule has 1 rings (SSSR count). The van der Waals surface area contributed by atoms with E-state index in [-0.39, 0.29) is 29.4 Å². The van der Waals surface area contributed by atoms with Gasteiger partial charge in [-0.3, -0.25) is 9.59 Å². The maximum Gasteiger partial charge on any atom is 0.313 e. The van der Waals surface area contributed by atoms with E-state index in [0.29, 0.717) is 0 Å². The van der Waals surface area contributed by atoms with E-state index in [4.69, 9.17) is 4.74 Å². The van der Waals surface area contributed by atoms with Crippen LogP contribution in [0.25, 0.3) is 0 Å². The van der Waals surface area contributed by atoms with Gasteiger partial charge in [0.2, 0.25) is 0 Å². The van der Waals surface area contributed by atoms with Gasteiger partial charge in [-0.15, -0.1) is 0 Å². The molecule has 0 N–H and O–H groups in total. The lowest BCUT2D eigenvalue weighted by atomic mass is 10.1. The summed E-state index contributed by atoms with van der Waals surface area (Å²) in [4.78, 5) is 21.8. The van der Waals surface area contributed by atoms with Gasteiger partial charge in [-0.05, 0) is 0 Å². The van der Waals surface area contributed by atoms with E-state index in [9.17, 15) is 9.59 Å². The van der Waals surface area contributed by atoms with Gasteiger partial charge in [0.05, 0.1) is 7.11 Å². The molecule has 0 aliphatic heterocycles. The molecule has 0 aromatic carbocycles. The summed E-state index contributed by atoms with van der Waals surface area (Å²) < 4.78 is 9.56.